The average Bonchev–Trinajstić information content (AvgIpc) is 3.02. The van der Waals surface area contributed by atoms with Crippen LogP contribution in [-0.4, -0.2) is 15.7 Å². The molecule has 5 nitrogen and oxygen atoms in total. The van der Waals surface area contributed by atoms with Crippen LogP contribution in [0.4, 0.5) is 0 Å². The van der Waals surface area contributed by atoms with Crippen molar-refractivity contribution in [2.45, 2.75) is 46.3 Å². The molecule has 0 saturated carbocycles. The van der Waals surface area contributed by atoms with E-state index in [0.717, 1.165) is 22.7 Å². The second-order valence-electron chi connectivity index (χ2n) is 8.35. The fourth-order valence-corrected chi connectivity index (χ4v) is 3.01. The largest absolute Gasteiger partial charge is 0.489 e. The molecule has 29 heavy (non-hydrogen) atoms. The molecule has 0 spiro atoms. The minimum atomic E-state index is -0.121. The Morgan fingerprint density at radius 2 is 1.83 bits per heavy atom. The van der Waals surface area contributed by atoms with Gasteiger partial charge in [0.1, 0.15) is 12.4 Å². The molecule has 0 unspecified atom stereocenters. The number of ether oxygens (including phenoxy) is 1. The molecule has 3 rings (SSSR count). The normalized spacial score (nSPS) is 11.3. The molecule has 0 aliphatic carbocycles. The first-order chi connectivity index (χ1) is 13.7. The van der Waals surface area contributed by atoms with Gasteiger partial charge in [0.15, 0.2) is 0 Å². The van der Waals surface area contributed by atoms with Gasteiger partial charge in [0.2, 0.25) is 0 Å². The highest BCUT2D eigenvalue weighted by molar-refractivity contribution is 5.94. The Labute approximate surface area is 172 Å². The van der Waals surface area contributed by atoms with Crippen LogP contribution in [0.25, 0.3) is 0 Å². The number of carbonyl (C=O) groups excluding carboxylic acids is 1. The predicted molar refractivity (Wildman–Crippen MR) is 115 cm³/mol. The van der Waals surface area contributed by atoms with Crippen molar-refractivity contribution in [3.8, 4) is 5.75 Å². The zero-order valence-electron chi connectivity index (χ0n) is 17.8. The van der Waals surface area contributed by atoms with E-state index in [4.69, 9.17) is 4.74 Å². The van der Waals surface area contributed by atoms with Crippen LogP contribution in [-0.2, 0) is 25.6 Å². The van der Waals surface area contributed by atoms with E-state index in [1.165, 1.54) is 5.56 Å². The molecule has 0 atom stereocenters. The summed E-state index contributed by atoms with van der Waals surface area (Å²) in [6.07, 6.45) is 0. The maximum atomic E-state index is 12.5. The van der Waals surface area contributed by atoms with E-state index in [9.17, 15) is 4.79 Å². The van der Waals surface area contributed by atoms with Crippen LogP contribution in [0.15, 0.2) is 54.6 Å². The van der Waals surface area contributed by atoms with Crippen LogP contribution < -0.4 is 10.1 Å². The molecule has 1 amide bonds. The summed E-state index contributed by atoms with van der Waals surface area (Å²) in [5.41, 5.74) is 4.86. The van der Waals surface area contributed by atoms with Gasteiger partial charge >= 0.3 is 0 Å². The summed E-state index contributed by atoms with van der Waals surface area (Å²) in [5.74, 6) is 0.697. The minimum absolute atomic E-state index is 0.119. The molecule has 3 aromatic rings. The Bertz CT molecular complexity index is 963. The summed E-state index contributed by atoms with van der Waals surface area (Å²) in [6.45, 7) is 9.37. The van der Waals surface area contributed by atoms with Crippen molar-refractivity contribution in [2.75, 3.05) is 0 Å². The third-order valence-corrected chi connectivity index (χ3v) is 4.91. The third kappa shape index (κ3) is 5.47. The molecule has 152 valence electrons. The number of nitrogens with zero attached hydrogens (tertiary/aromatic N) is 2. The highest BCUT2D eigenvalue weighted by Gasteiger charge is 2.13. The third-order valence-electron chi connectivity index (χ3n) is 4.91. The van der Waals surface area contributed by atoms with Crippen molar-refractivity contribution in [2.24, 2.45) is 7.05 Å². The summed E-state index contributed by atoms with van der Waals surface area (Å²) in [6, 6.07) is 17.7. The van der Waals surface area contributed by atoms with Gasteiger partial charge in [-0.05, 0) is 53.8 Å². The number of benzene rings is 2. The zero-order chi connectivity index (χ0) is 21.0. The van der Waals surface area contributed by atoms with Crippen molar-refractivity contribution >= 4 is 5.91 Å². The molecule has 0 aliphatic rings. The summed E-state index contributed by atoms with van der Waals surface area (Å²) in [7, 11) is 1.89. The molecular weight excluding hydrogens is 362 g/mol. The fraction of sp³-hybridized carbons (Fsp3) is 0.333. The van der Waals surface area contributed by atoms with E-state index < -0.39 is 0 Å². The van der Waals surface area contributed by atoms with Gasteiger partial charge in [-0.1, -0.05) is 45.0 Å². The number of hydrogen-bond acceptors (Lipinski definition) is 3. The summed E-state index contributed by atoms with van der Waals surface area (Å²) in [4.78, 5) is 12.5. The van der Waals surface area contributed by atoms with Gasteiger partial charge < -0.3 is 10.1 Å². The Morgan fingerprint density at radius 1 is 1.10 bits per heavy atom. The van der Waals surface area contributed by atoms with Crippen LogP contribution in [0.2, 0.25) is 0 Å². The molecule has 0 radical (unpaired) electrons. The van der Waals surface area contributed by atoms with E-state index in [1.54, 1.807) is 10.7 Å². The van der Waals surface area contributed by atoms with Gasteiger partial charge in [0.25, 0.3) is 5.91 Å². The molecule has 0 saturated heterocycles. The van der Waals surface area contributed by atoms with Gasteiger partial charge in [0.05, 0.1) is 12.2 Å². The molecule has 1 aromatic heterocycles. The highest BCUT2D eigenvalue weighted by Crippen LogP contribution is 2.24. The quantitative estimate of drug-likeness (QED) is 0.671. The van der Waals surface area contributed by atoms with Crippen molar-refractivity contribution in [3.63, 3.8) is 0 Å². The maximum absolute atomic E-state index is 12.5. The van der Waals surface area contributed by atoms with Gasteiger partial charge in [-0.15, -0.1) is 0 Å². The standard InChI is InChI=1S/C24H29N3O2/c1-17-13-21(26-27(17)5)15-25-23(28)19-8-6-7-18(14-19)16-29-22-11-9-20(10-12-22)24(2,3)4/h6-14H,15-16H2,1-5H3,(H,25,28). The number of aromatic nitrogens is 2. The average molecular weight is 392 g/mol. The summed E-state index contributed by atoms with van der Waals surface area (Å²) >= 11 is 0. The first-order valence-corrected chi connectivity index (χ1v) is 9.82. The van der Waals surface area contributed by atoms with E-state index in [2.05, 4.69) is 43.3 Å². The van der Waals surface area contributed by atoms with E-state index >= 15 is 0 Å². The van der Waals surface area contributed by atoms with Gasteiger partial charge in [-0.25, -0.2) is 0 Å². The van der Waals surface area contributed by atoms with Gasteiger partial charge in [-0.3, -0.25) is 9.48 Å². The number of nitrogens with one attached hydrogen (secondary N) is 1. The maximum Gasteiger partial charge on any atom is 0.251 e. The van der Waals surface area contributed by atoms with Crippen molar-refractivity contribution in [1.29, 1.82) is 0 Å². The summed E-state index contributed by atoms with van der Waals surface area (Å²) in [5, 5.41) is 7.28. The number of carbonyl (C=O) groups is 1. The number of hydrogen-bond donors (Lipinski definition) is 1. The van der Waals surface area contributed by atoms with Crippen LogP contribution in [0.1, 0.15) is 53.6 Å². The Balaban J connectivity index is 1.58. The minimum Gasteiger partial charge on any atom is -0.489 e. The smallest absolute Gasteiger partial charge is 0.251 e. The number of rotatable bonds is 6. The van der Waals surface area contributed by atoms with Gasteiger partial charge in [-0.2, -0.15) is 5.10 Å². The lowest BCUT2D eigenvalue weighted by Crippen LogP contribution is -2.23. The van der Waals surface area contributed by atoms with Crippen molar-refractivity contribution < 1.29 is 9.53 Å². The fourth-order valence-electron chi connectivity index (χ4n) is 3.01. The molecule has 2 aromatic carbocycles. The molecule has 5 heteroatoms. The SMILES string of the molecule is Cc1cc(CNC(=O)c2cccc(COc3ccc(C(C)(C)C)cc3)c2)nn1C. The summed E-state index contributed by atoms with van der Waals surface area (Å²) < 4.78 is 7.69. The lowest BCUT2D eigenvalue weighted by molar-refractivity contribution is 0.0950. The van der Waals surface area contributed by atoms with E-state index in [0.29, 0.717) is 18.7 Å². The van der Waals surface area contributed by atoms with Crippen molar-refractivity contribution in [3.05, 3.63) is 82.7 Å². The van der Waals surface area contributed by atoms with E-state index in [1.807, 2.05) is 50.4 Å². The van der Waals surface area contributed by atoms with Crippen LogP contribution in [0, 0.1) is 6.92 Å². The lowest BCUT2D eigenvalue weighted by Gasteiger charge is -2.19. The van der Waals surface area contributed by atoms with Crippen LogP contribution >= 0.6 is 0 Å². The highest BCUT2D eigenvalue weighted by atomic mass is 16.5. The molecule has 0 bridgehead atoms. The predicted octanol–water partition coefficient (Wildman–Crippen LogP) is 4.54. The monoisotopic (exact) mass is 391 g/mol. The molecule has 1 heterocycles. The first-order valence-electron chi connectivity index (χ1n) is 9.82. The number of aryl methyl sites for hydroxylation is 2. The molecule has 0 aliphatic heterocycles. The molecular formula is C24H29N3O2. The second-order valence-corrected chi connectivity index (χ2v) is 8.35. The lowest BCUT2D eigenvalue weighted by atomic mass is 9.87. The Hall–Kier alpha value is -3.08. The van der Waals surface area contributed by atoms with Gasteiger partial charge in [0, 0.05) is 18.3 Å². The topological polar surface area (TPSA) is 56.1 Å². The Kier molecular flexibility index (Phi) is 6.06. The molecule has 0 fully saturated rings. The number of amides is 1. The van der Waals surface area contributed by atoms with Crippen molar-refractivity contribution in [1.82, 2.24) is 15.1 Å². The van der Waals surface area contributed by atoms with Crippen LogP contribution in [0.3, 0.4) is 0 Å². The molecule has 1 N–H and O–H groups in total. The zero-order valence-corrected chi connectivity index (χ0v) is 17.8. The first kappa shape index (κ1) is 20.6. The second kappa shape index (κ2) is 8.52. The van der Waals surface area contributed by atoms with Crippen LogP contribution in [0.5, 0.6) is 5.75 Å². The Morgan fingerprint density at radius 3 is 2.45 bits per heavy atom. The van der Waals surface area contributed by atoms with E-state index in [-0.39, 0.29) is 11.3 Å².